The highest BCUT2D eigenvalue weighted by Crippen LogP contribution is 2.21. The molecular weight excluding hydrogens is 210 g/mol. The second kappa shape index (κ2) is 4.77. The van der Waals surface area contributed by atoms with Gasteiger partial charge in [0.05, 0.1) is 6.04 Å². The van der Waals surface area contributed by atoms with E-state index in [-0.39, 0.29) is 11.3 Å². The van der Waals surface area contributed by atoms with Gasteiger partial charge in [0.2, 0.25) is 5.24 Å². The van der Waals surface area contributed by atoms with Crippen molar-refractivity contribution in [2.45, 2.75) is 25.4 Å². The Morgan fingerprint density at radius 1 is 1.40 bits per heavy atom. The van der Waals surface area contributed by atoms with E-state index in [1.807, 2.05) is 18.2 Å². The number of hydrogen-bond donors (Lipinski definition) is 0. The summed E-state index contributed by atoms with van der Waals surface area (Å²) < 4.78 is 0. The van der Waals surface area contributed by atoms with E-state index in [0.29, 0.717) is 0 Å². The van der Waals surface area contributed by atoms with E-state index in [1.54, 1.807) is 0 Å². The van der Waals surface area contributed by atoms with Gasteiger partial charge in [0.1, 0.15) is 0 Å². The molecule has 0 aliphatic carbocycles. The highest BCUT2D eigenvalue weighted by molar-refractivity contribution is 6.64. The average Bonchev–Trinajstić information content (AvgIpc) is 2.67. The molecule has 0 radical (unpaired) electrons. The molecule has 0 saturated carbocycles. The molecule has 1 aromatic rings. The van der Waals surface area contributed by atoms with E-state index in [9.17, 15) is 4.79 Å². The summed E-state index contributed by atoms with van der Waals surface area (Å²) in [7, 11) is 0. The SMILES string of the molecule is O=C(Cl)C1CCCN1Cc1ccccc1. The van der Waals surface area contributed by atoms with Crippen molar-refractivity contribution in [3.8, 4) is 0 Å². The lowest BCUT2D eigenvalue weighted by atomic mass is 10.2. The molecule has 0 spiro atoms. The van der Waals surface area contributed by atoms with Crippen LogP contribution in [0.4, 0.5) is 0 Å². The molecule has 1 aromatic carbocycles. The molecule has 0 amide bonds. The third kappa shape index (κ3) is 2.58. The van der Waals surface area contributed by atoms with Gasteiger partial charge >= 0.3 is 0 Å². The summed E-state index contributed by atoms with van der Waals surface area (Å²) in [6.45, 7) is 1.79. The zero-order valence-corrected chi connectivity index (χ0v) is 9.28. The first-order valence-electron chi connectivity index (χ1n) is 5.24. The van der Waals surface area contributed by atoms with Crippen LogP contribution in [-0.2, 0) is 11.3 Å². The Balaban J connectivity index is 2.03. The zero-order valence-electron chi connectivity index (χ0n) is 8.53. The van der Waals surface area contributed by atoms with Gasteiger partial charge in [0, 0.05) is 6.54 Å². The summed E-state index contributed by atoms with van der Waals surface area (Å²) in [5.74, 6) is 0. The molecule has 1 aliphatic heterocycles. The number of nitrogens with zero attached hydrogens (tertiary/aromatic N) is 1. The van der Waals surface area contributed by atoms with E-state index in [4.69, 9.17) is 11.6 Å². The zero-order chi connectivity index (χ0) is 10.7. The largest absolute Gasteiger partial charge is 0.288 e. The molecule has 0 aromatic heterocycles. The molecule has 0 bridgehead atoms. The van der Waals surface area contributed by atoms with Crippen molar-refractivity contribution in [2.24, 2.45) is 0 Å². The molecule has 0 N–H and O–H groups in total. The van der Waals surface area contributed by atoms with Crippen LogP contribution in [0.5, 0.6) is 0 Å². The van der Waals surface area contributed by atoms with Crippen LogP contribution >= 0.6 is 11.6 Å². The highest BCUT2D eigenvalue weighted by Gasteiger charge is 2.29. The minimum Gasteiger partial charge on any atom is -0.288 e. The smallest absolute Gasteiger partial charge is 0.238 e. The van der Waals surface area contributed by atoms with Gasteiger partial charge in [0.15, 0.2) is 0 Å². The summed E-state index contributed by atoms with van der Waals surface area (Å²) in [6, 6.07) is 10.1. The highest BCUT2D eigenvalue weighted by atomic mass is 35.5. The maximum absolute atomic E-state index is 11.2. The number of halogens is 1. The number of benzene rings is 1. The van der Waals surface area contributed by atoms with Crippen molar-refractivity contribution in [1.29, 1.82) is 0 Å². The van der Waals surface area contributed by atoms with Crippen molar-refractivity contribution in [3.05, 3.63) is 35.9 Å². The summed E-state index contributed by atoms with van der Waals surface area (Å²) >= 11 is 5.56. The Morgan fingerprint density at radius 3 is 2.80 bits per heavy atom. The van der Waals surface area contributed by atoms with Crippen molar-refractivity contribution >= 4 is 16.8 Å². The molecule has 1 unspecified atom stereocenters. The monoisotopic (exact) mass is 223 g/mol. The molecule has 2 rings (SSSR count). The Bertz CT molecular complexity index is 339. The summed E-state index contributed by atoms with van der Waals surface area (Å²) in [5.41, 5.74) is 1.24. The topological polar surface area (TPSA) is 20.3 Å². The summed E-state index contributed by atoms with van der Waals surface area (Å²) in [6.07, 6.45) is 1.96. The minimum atomic E-state index is -0.219. The standard InChI is InChI=1S/C12H14ClNO/c13-12(15)11-7-4-8-14(11)9-10-5-2-1-3-6-10/h1-3,5-6,11H,4,7-9H2. The number of carbonyl (C=O) groups is 1. The Morgan fingerprint density at radius 2 is 2.13 bits per heavy atom. The maximum Gasteiger partial charge on any atom is 0.238 e. The van der Waals surface area contributed by atoms with Crippen LogP contribution in [0.25, 0.3) is 0 Å². The third-order valence-electron chi connectivity index (χ3n) is 2.85. The summed E-state index contributed by atoms with van der Waals surface area (Å²) in [4.78, 5) is 13.3. The fourth-order valence-electron chi connectivity index (χ4n) is 2.09. The van der Waals surface area contributed by atoms with Crippen LogP contribution in [0.2, 0.25) is 0 Å². The molecule has 1 aliphatic rings. The fraction of sp³-hybridized carbons (Fsp3) is 0.417. The van der Waals surface area contributed by atoms with Crippen LogP contribution in [0.3, 0.4) is 0 Å². The molecule has 1 saturated heterocycles. The average molecular weight is 224 g/mol. The number of rotatable bonds is 3. The summed E-state index contributed by atoms with van der Waals surface area (Å²) in [5, 5.41) is -0.219. The number of hydrogen-bond acceptors (Lipinski definition) is 2. The van der Waals surface area contributed by atoms with Crippen molar-refractivity contribution < 1.29 is 4.79 Å². The first kappa shape index (κ1) is 10.7. The predicted octanol–water partition coefficient (Wildman–Crippen LogP) is 2.42. The van der Waals surface area contributed by atoms with Gasteiger partial charge in [0.25, 0.3) is 0 Å². The normalized spacial score (nSPS) is 21.8. The minimum absolute atomic E-state index is 0.0770. The lowest BCUT2D eigenvalue weighted by molar-refractivity contribution is -0.115. The maximum atomic E-state index is 11.2. The third-order valence-corrected chi connectivity index (χ3v) is 3.11. The molecule has 80 valence electrons. The molecule has 15 heavy (non-hydrogen) atoms. The van der Waals surface area contributed by atoms with E-state index < -0.39 is 0 Å². The Hall–Kier alpha value is -0.860. The van der Waals surface area contributed by atoms with Crippen LogP contribution in [-0.4, -0.2) is 22.7 Å². The van der Waals surface area contributed by atoms with Crippen molar-refractivity contribution in [1.82, 2.24) is 4.90 Å². The molecule has 1 fully saturated rings. The lowest BCUT2D eigenvalue weighted by Crippen LogP contribution is -2.33. The first-order chi connectivity index (χ1) is 7.27. The predicted molar refractivity (Wildman–Crippen MR) is 60.7 cm³/mol. The number of carbonyl (C=O) groups excluding carboxylic acids is 1. The van der Waals surface area contributed by atoms with Crippen molar-refractivity contribution in [3.63, 3.8) is 0 Å². The van der Waals surface area contributed by atoms with Gasteiger partial charge in [-0.05, 0) is 36.6 Å². The van der Waals surface area contributed by atoms with Gasteiger partial charge in [-0.3, -0.25) is 9.69 Å². The van der Waals surface area contributed by atoms with E-state index in [1.165, 1.54) is 5.56 Å². The van der Waals surface area contributed by atoms with Crippen LogP contribution < -0.4 is 0 Å². The van der Waals surface area contributed by atoms with Crippen LogP contribution in [0, 0.1) is 0 Å². The lowest BCUT2D eigenvalue weighted by Gasteiger charge is -2.21. The van der Waals surface area contributed by atoms with Gasteiger partial charge in [-0.1, -0.05) is 30.3 Å². The molecule has 2 nitrogen and oxygen atoms in total. The number of likely N-dealkylation sites (tertiary alicyclic amines) is 1. The van der Waals surface area contributed by atoms with Crippen LogP contribution in [0.15, 0.2) is 30.3 Å². The van der Waals surface area contributed by atoms with Gasteiger partial charge in [-0.25, -0.2) is 0 Å². The quantitative estimate of drug-likeness (QED) is 0.734. The Kier molecular flexibility index (Phi) is 3.39. The van der Waals surface area contributed by atoms with Gasteiger partial charge < -0.3 is 0 Å². The van der Waals surface area contributed by atoms with Gasteiger partial charge in [-0.15, -0.1) is 0 Å². The van der Waals surface area contributed by atoms with Gasteiger partial charge in [-0.2, -0.15) is 0 Å². The molecular formula is C12H14ClNO. The van der Waals surface area contributed by atoms with E-state index in [0.717, 1.165) is 25.9 Å². The Labute approximate surface area is 94.8 Å². The molecule has 3 heteroatoms. The van der Waals surface area contributed by atoms with E-state index in [2.05, 4.69) is 17.0 Å². The fourth-order valence-corrected chi connectivity index (χ4v) is 2.34. The van der Waals surface area contributed by atoms with Crippen molar-refractivity contribution in [2.75, 3.05) is 6.54 Å². The molecule has 1 atom stereocenters. The van der Waals surface area contributed by atoms with Crippen LogP contribution in [0.1, 0.15) is 18.4 Å². The second-order valence-corrected chi connectivity index (χ2v) is 4.29. The molecule has 1 heterocycles. The van der Waals surface area contributed by atoms with E-state index >= 15 is 0 Å². The first-order valence-corrected chi connectivity index (χ1v) is 5.62. The second-order valence-electron chi connectivity index (χ2n) is 3.92.